The molecule has 0 unspecified atom stereocenters. The summed E-state index contributed by atoms with van der Waals surface area (Å²) in [4.78, 5) is 26.2. The highest BCUT2D eigenvalue weighted by atomic mass is 16.2. The molecule has 0 heterocycles. The van der Waals surface area contributed by atoms with E-state index in [4.69, 9.17) is 0 Å². The predicted octanol–water partition coefficient (Wildman–Crippen LogP) is 3.14. The second-order valence-corrected chi connectivity index (χ2v) is 6.32. The molecule has 0 aliphatic heterocycles. The van der Waals surface area contributed by atoms with E-state index in [2.05, 4.69) is 10.5 Å². The summed E-state index contributed by atoms with van der Waals surface area (Å²) in [5.74, 6) is -0.258. The second-order valence-electron chi connectivity index (χ2n) is 6.32. The van der Waals surface area contributed by atoms with Crippen LogP contribution in [0.2, 0.25) is 0 Å². The van der Waals surface area contributed by atoms with Crippen LogP contribution >= 0.6 is 0 Å². The van der Waals surface area contributed by atoms with Gasteiger partial charge in [0.25, 0.3) is 5.91 Å². The first-order chi connectivity index (χ1) is 10.7. The number of hydrazone groups is 1. The average Bonchev–Trinajstić information content (AvgIpc) is 2.43. The van der Waals surface area contributed by atoms with Crippen molar-refractivity contribution in [2.75, 3.05) is 0 Å². The summed E-state index contributed by atoms with van der Waals surface area (Å²) in [6.07, 6.45) is 0.199. The van der Waals surface area contributed by atoms with Gasteiger partial charge in [-0.05, 0) is 53.7 Å². The topological polar surface area (TPSA) is 61.8 Å². The summed E-state index contributed by atoms with van der Waals surface area (Å²) in [5, 5.41) is 4.04. The molecule has 1 rings (SSSR count). The highest BCUT2D eigenvalue weighted by Crippen LogP contribution is 2.08. The molecule has 23 heavy (non-hydrogen) atoms. The molecule has 0 aliphatic rings. The summed E-state index contributed by atoms with van der Waals surface area (Å²) < 4.78 is 0. The van der Waals surface area contributed by atoms with Crippen molar-refractivity contribution < 1.29 is 9.59 Å². The third-order valence-corrected chi connectivity index (χ3v) is 3.44. The lowest BCUT2D eigenvalue weighted by molar-refractivity contribution is -0.133. The van der Waals surface area contributed by atoms with Crippen molar-refractivity contribution in [1.29, 1.82) is 0 Å². The minimum Gasteiger partial charge on any atom is -0.338 e. The molecule has 126 valence electrons. The highest BCUT2D eigenvalue weighted by Gasteiger charge is 2.20. The Bertz CT molecular complexity index is 584. The molecule has 0 saturated carbocycles. The first-order valence-corrected chi connectivity index (χ1v) is 7.93. The summed E-state index contributed by atoms with van der Waals surface area (Å²) in [5.41, 5.74) is 4.66. The molecule has 0 aromatic heterocycles. The second kappa shape index (κ2) is 8.46. The quantitative estimate of drug-likeness (QED) is 0.647. The van der Waals surface area contributed by atoms with Crippen LogP contribution < -0.4 is 5.43 Å². The Morgan fingerprint density at radius 2 is 1.78 bits per heavy atom. The minimum atomic E-state index is -0.273. The third-order valence-electron chi connectivity index (χ3n) is 3.44. The van der Waals surface area contributed by atoms with E-state index in [0.29, 0.717) is 11.3 Å². The van der Waals surface area contributed by atoms with E-state index >= 15 is 0 Å². The number of carbonyl (C=O) groups is 2. The normalized spacial score (nSPS) is 11.7. The van der Waals surface area contributed by atoms with Crippen molar-refractivity contribution in [3.8, 4) is 0 Å². The lowest BCUT2D eigenvalue weighted by Gasteiger charge is -2.30. The lowest BCUT2D eigenvalue weighted by atomic mass is 10.1. The van der Waals surface area contributed by atoms with Crippen LogP contribution in [0.1, 0.15) is 57.0 Å². The molecule has 5 heteroatoms. The minimum absolute atomic E-state index is 0.0149. The van der Waals surface area contributed by atoms with Gasteiger partial charge < -0.3 is 4.90 Å². The summed E-state index contributed by atoms with van der Waals surface area (Å²) >= 11 is 0. The van der Waals surface area contributed by atoms with Gasteiger partial charge in [0.05, 0.1) is 6.42 Å². The smallest absolute Gasteiger partial charge is 0.271 e. The van der Waals surface area contributed by atoms with Crippen LogP contribution in [0.5, 0.6) is 0 Å². The number of hydrogen-bond donors (Lipinski definition) is 1. The van der Waals surface area contributed by atoms with Gasteiger partial charge in [0.2, 0.25) is 5.91 Å². The van der Waals surface area contributed by atoms with Gasteiger partial charge in [-0.15, -0.1) is 0 Å². The lowest BCUT2D eigenvalue weighted by Crippen LogP contribution is -2.42. The first-order valence-electron chi connectivity index (χ1n) is 7.93. The van der Waals surface area contributed by atoms with Gasteiger partial charge in [0.15, 0.2) is 0 Å². The van der Waals surface area contributed by atoms with E-state index in [9.17, 15) is 9.59 Å². The summed E-state index contributed by atoms with van der Waals surface area (Å²) in [7, 11) is 0. The Balaban J connectivity index is 2.67. The summed E-state index contributed by atoms with van der Waals surface area (Å²) in [6, 6.07) is 7.56. The van der Waals surface area contributed by atoms with Gasteiger partial charge in [-0.3, -0.25) is 9.59 Å². The van der Waals surface area contributed by atoms with Gasteiger partial charge >= 0.3 is 0 Å². The molecule has 0 aliphatic carbocycles. The third kappa shape index (κ3) is 5.85. The van der Waals surface area contributed by atoms with Crippen LogP contribution in [-0.4, -0.2) is 34.5 Å². The maximum absolute atomic E-state index is 12.3. The van der Waals surface area contributed by atoms with Crippen LogP contribution in [0.25, 0.3) is 0 Å². The monoisotopic (exact) mass is 317 g/mol. The zero-order valence-corrected chi connectivity index (χ0v) is 14.9. The molecule has 0 spiro atoms. The maximum Gasteiger partial charge on any atom is 0.271 e. The Kier molecular flexibility index (Phi) is 6.94. The molecule has 5 nitrogen and oxygen atoms in total. The zero-order valence-electron chi connectivity index (χ0n) is 14.9. The van der Waals surface area contributed by atoms with Crippen molar-refractivity contribution in [3.63, 3.8) is 0 Å². The largest absolute Gasteiger partial charge is 0.338 e. The number of carbonyl (C=O) groups excluding carboxylic acids is 2. The molecule has 1 aromatic carbocycles. The molecule has 2 amide bonds. The van der Waals surface area contributed by atoms with Crippen LogP contribution in [-0.2, 0) is 4.79 Å². The SMILES string of the molecule is C/C(CC(=O)N(C(C)C)C(C)C)=N/NC(=O)c1cccc(C)c1. The highest BCUT2D eigenvalue weighted by molar-refractivity contribution is 6.01. The fourth-order valence-electron chi connectivity index (χ4n) is 2.52. The van der Waals surface area contributed by atoms with Crippen molar-refractivity contribution in [1.82, 2.24) is 10.3 Å². The number of amides is 2. The number of nitrogens with zero attached hydrogens (tertiary/aromatic N) is 2. The molecule has 0 fully saturated rings. The van der Waals surface area contributed by atoms with Crippen LogP contribution in [0.3, 0.4) is 0 Å². The van der Waals surface area contributed by atoms with Crippen molar-refractivity contribution in [2.24, 2.45) is 5.10 Å². The molecule has 1 aromatic rings. The van der Waals surface area contributed by atoms with Crippen molar-refractivity contribution >= 4 is 17.5 Å². The Hall–Kier alpha value is -2.17. The molecule has 0 radical (unpaired) electrons. The van der Waals surface area contributed by atoms with E-state index in [-0.39, 0.29) is 30.3 Å². The predicted molar refractivity (Wildman–Crippen MR) is 93.5 cm³/mol. The number of nitrogens with one attached hydrogen (secondary N) is 1. The van der Waals surface area contributed by atoms with E-state index in [1.165, 1.54) is 0 Å². The zero-order chi connectivity index (χ0) is 17.6. The molecule has 0 saturated heterocycles. The fourth-order valence-corrected chi connectivity index (χ4v) is 2.52. The molecular weight excluding hydrogens is 290 g/mol. The molecule has 1 N–H and O–H groups in total. The van der Waals surface area contributed by atoms with Gasteiger partial charge in [-0.1, -0.05) is 17.7 Å². The Labute approximate surface area is 138 Å². The number of benzene rings is 1. The molecule has 0 bridgehead atoms. The number of hydrogen-bond acceptors (Lipinski definition) is 3. The van der Waals surface area contributed by atoms with Gasteiger partial charge in [0, 0.05) is 23.4 Å². The number of aryl methyl sites for hydroxylation is 1. The molecule has 0 atom stereocenters. The van der Waals surface area contributed by atoms with Crippen LogP contribution in [0.15, 0.2) is 29.4 Å². The maximum atomic E-state index is 12.3. The Morgan fingerprint density at radius 3 is 2.30 bits per heavy atom. The first kappa shape index (κ1) is 18.9. The molecular formula is C18H27N3O2. The van der Waals surface area contributed by atoms with Crippen molar-refractivity contribution in [3.05, 3.63) is 35.4 Å². The van der Waals surface area contributed by atoms with E-state index < -0.39 is 0 Å². The average molecular weight is 317 g/mol. The number of rotatable bonds is 6. The van der Waals surface area contributed by atoms with E-state index in [0.717, 1.165) is 5.56 Å². The summed E-state index contributed by atoms with van der Waals surface area (Å²) in [6.45, 7) is 11.6. The van der Waals surface area contributed by atoms with E-state index in [1.54, 1.807) is 19.1 Å². The van der Waals surface area contributed by atoms with Gasteiger partial charge in [0.1, 0.15) is 0 Å². The Morgan fingerprint density at radius 1 is 1.17 bits per heavy atom. The van der Waals surface area contributed by atoms with Gasteiger partial charge in [-0.2, -0.15) is 5.10 Å². The standard InChI is InChI=1S/C18H27N3O2/c1-12(2)21(13(3)4)17(22)11-15(6)19-20-18(23)16-9-7-8-14(5)10-16/h7-10,12-13H,11H2,1-6H3,(H,20,23)/b19-15-. The van der Waals surface area contributed by atoms with Gasteiger partial charge in [-0.25, -0.2) is 5.43 Å². The van der Waals surface area contributed by atoms with E-state index in [1.807, 2.05) is 51.7 Å². The van der Waals surface area contributed by atoms with Crippen molar-refractivity contribution in [2.45, 2.75) is 60.0 Å². The van der Waals surface area contributed by atoms with Crippen LogP contribution in [0, 0.1) is 6.92 Å². The fraction of sp³-hybridized carbons (Fsp3) is 0.500. The van der Waals surface area contributed by atoms with Crippen LogP contribution in [0.4, 0.5) is 0 Å².